The Hall–Kier alpha value is -0.120. The molecule has 0 aliphatic carbocycles. The molecule has 3 saturated heterocycles. The van der Waals surface area contributed by atoms with E-state index in [1.807, 2.05) is 0 Å². The zero-order valence-electron chi connectivity index (χ0n) is 12.9. The van der Waals surface area contributed by atoms with Crippen molar-refractivity contribution >= 4 is 0 Å². The zero-order valence-corrected chi connectivity index (χ0v) is 12.9. The molecular formula is C15H31N3. The lowest BCUT2D eigenvalue weighted by atomic mass is 9.86. The Morgan fingerprint density at radius 1 is 1.11 bits per heavy atom. The van der Waals surface area contributed by atoms with Gasteiger partial charge in [-0.1, -0.05) is 0 Å². The molecule has 0 aromatic rings. The number of nitrogens with zero attached hydrogens (tertiary/aromatic N) is 3. The van der Waals surface area contributed by atoms with Crippen molar-refractivity contribution < 1.29 is 0 Å². The third-order valence-electron chi connectivity index (χ3n) is 4.91. The summed E-state index contributed by atoms with van der Waals surface area (Å²) in [5.74, 6) is 0. The standard InChI is InChI=1S/C15H31N3/c1-12(2)16(5)7-6-8-18-14-9-15(18)11-17(10-14)13(3)4/h12-15H,6-11H2,1-5H3. The van der Waals surface area contributed by atoms with Gasteiger partial charge >= 0.3 is 0 Å². The fraction of sp³-hybridized carbons (Fsp3) is 1.00. The van der Waals surface area contributed by atoms with E-state index in [9.17, 15) is 0 Å². The molecule has 2 bridgehead atoms. The lowest BCUT2D eigenvalue weighted by Gasteiger charge is -2.57. The van der Waals surface area contributed by atoms with Gasteiger partial charge in [-0.05, 0) is 54.1 Å². The highest BCUT2D eigenvalue weighted by Crippen LogP contribution is 2.32. The minimum Gasteiger partial charge on any atom is -0.304 e. The molecule has 106 valence electrons. The first-order valence-corrected chi connectivity index (χ1v) is 7.69. The molecule has 0 radical (unpaired) electrons. The van der Waals surface area contributed by atoms with Crippen LogP contribution in [0.25, 0.3) is 0 Å². The van der Waals surface area contributed by atoms with Gasteiger partial charge in [-0.15, -0.1) is 0 Å². The van der Waals surface area contributed by atoms with E-state index < -0.39 is 0 Å². The molecule has 18 heavy (non-hydrogen) atoms. The predicted octanol–water partition coefficient (Wildman–Crippen LogP) is 1.88. The van der Waals surface area contributed by atoms with Crippen molar-refractivity contribution in [1.29, 1.82) is 0 Å². The number of fused-ring (bicyclic) bond motifs is 2. The number of hydrogen-bond donors (Lipinski definition) is 0. The SMILES string of the molecule is CC(C)N(C)CCCN1C2CC1CN(C(C)C)C2. The van der Waals surface area contributed by atoms with Crippen LogP contribution in [0.4, 0.5) is 0 Å². The Kier molecular flexibility index (Phi) is 4.68. The lowest BCUT2D eigenvalue weighted by molar-refractivity contribution is -0.0788. The number of piperazine rings is 1. The summed E-state index contributed by atoms with van der Waals surface area (Å²) in [5, 5.41) is 0. The third kappa shape index (κ3) is 3.06. The maximum absolute atomic E-state index is 2.76. The first kappa shape index (κ1) is 14.3. The summed E-state index contributed by atoms with van der Waals surface area (Å²) < 4.78 is 0. The van der Waals surface area contributed by atoms with Gasteiger partial charge < -0.3 is 4.90 Å². The third-order valence-corrected chi connectivity index (χ3v) is 4.91. The maximum atomic E-state index is 2.76. The molecule has 0 aromatic carbocycles. The summed E-state index contributed by atoms with van der Waals surface area (Å²) in [6.45, 7) is 14.3. The van der Waals surface area contributed by atoms with Crippen molar-refractivity contribution in [2.45, 2.75) is 64.7 Å². The Balaban J connectivity index is 1.68. The number of piperidine rings is 1. The Bertz CT molecular complexity index is 252. The van der Waals surface area contributed by atoms with Gasteiger partial charge in [-0.25, -0.2) is 0 Å². The highest BCUT2D eigenvalue weighted by Gasteiger charge is 2.44. The molecule has 2 unspecified atom stereocenters. The predicted molar refractivity (Wildman–Crippen MR) is 78.0 cm³/mol. The van der Waals surface area contributed by atoms with E-state index in [-0.39, 0.29) is 0 Å². The van der Waals surface area contributed by atoms with Crippen molar-refractivity contribution in [3.8, 4) is 0 Å². The van der Waals surface area contributed by atoms with E-state index in [0.29, 0.717) is 6.04 Å². The quantitative estimate of drug-likeness (QED) is 0.716. The number of hydrogen-bond acceptors (Lipinski definition) is 3. The highest BCUT2D eigenvalue weighted by molar-refractivity contribution is 5.01. The molecule has 3 heterocycles. The summed E-state index contributed by atoms with van der Waals surface area (Å²) in [6, 6.07) is 3.12. The van der Waals surface area contributed by atoms with Gasteiger partial charge in [0.15, 0.2) is 0 Å². The van der Waals surface area contributed by atoms with Gasteiger partial charge in [0.05, 0.1) is 0 Å². The van der Waals surface area contributed by atoms with Gasteiger partial charge in [0.2, 0.25) is 0 Å². The molecule has 0 aromatic heterocycles. The Morgan fingerprint density at radius 2 is 1.72 bits per heavy atom. The van der Waals surface area contributed by atoms with Crippen molar-refractivity contribution in [1.82, 2.24) is 14.7 Å². The molecule has 0 spiro atoms. The highest BCUT2D eigenvalue weighted by atomic mass is 15.4. The van der Waals surface area contributed by atoms with E-state index in [2.05, 4.69) is 49.4 Å². The molecule has 2 atom stereocenters. The molecule has 3 rings (SSSR count). The summed E-state index contributed by atoms with van der Waals surface area (Å²) in [6.07, 6.45) is 2.77. The fourth-order valence-electron chi connectivity index (χ4n) is 3.27. The van der Waals surface area contributed by atoms with Crippen LogP contribution in [0.1, 0.15) is 40.5 Å². The van der Waals surface area contributed by atoms with Crippen LogP contribution in [0.15, 0.2) is 0 Å². The minimum atomic E-state index is 0.678. The van der Waals surface area contributed by atoms with E-state index in [4.69, 9.17) is 0 Å². The zero-order chi connectivity index (χ0) is 13.3. The second kappa shape index (κ2) is 5.89. The molecule has 3 aliphatic heterocycles. The van der Waals surface area contributed by atoms with E-state index in [1.54, 1.807) is 0 Å². The van der Waals surface area contributed by atoms with Crippen molar-refractivity contribution in [3.05, 3.63) is 0 Å². The van der Waals surface area contributed by atoms with Gasteiger partial charge in [-0.2, -0.15) is 0 Å². The second-order valence-corrected chi connectivity index (χ2v) is 6.76. The largest absolute Gasteiger partial charge is 0.304 e. The lowest BCUT2D eigenvalue weighted by Crippen LogP contribution is -2.69. The van der Waals surface area contributed by atoms with Crippen LogP contribution in [0.2, 0.25) is 0 Å². The summed E-state index contributed by atoms with van der Waals surface area (Å²) >= 11 is 0. The average molecular weight is 253 g/mol. The smallest absolute Gasteiger partial charge is 0.0242 e. The molecule has 3 fully saturated rings. The summed E-state index contributed by atoms with van der Waals surface area (Å²) in [5.41, 5.74) is 0. The summed E-state index contributed by atoms with van der Waals surface area (Å²) in [7, 11) is 2.24. The topological polar surface area (TPSA) is 9.72 Å². The fourth-order valence-corrected chi connectivity index (χ4v) is 3.27. The van der Waals surface area contributed by atoms with Crippen LogP contribution < -0.4 is 0 Å². The molecule has 3 heteroatoms. The minimum absolute atomic E-state index is 0.678. The molecule has 3 nitrogen and oxygen atoms in total. The normalized spacial score (nSPS) is 29.3. The van der Waals surface area contributed by atoms with E-state index in [1.165, 1.54) is 39.0 Å². The van der Waals surface area contributed by atoms with Crippen LogP contribution in [-0.4, -0.2) is 72.1 Å². The molecule has 0 amide bonds. The van der Waals surface area contributed by atoms with Crippen molar-refractivity contribution in [2.75, 3.05) is 33.2 Å². The van der Waals surface area contributed by atoms with Gasteiger partial charge in [0, 0.05) is 43.8 Å². The first-order valence-electron chi connectivity index (χ1n) is 7.69. The summed E-state index contributed by atoms with van der Waals surface area (Å²) in [4.78, 5) is 7.86. The van der Waals surface area contributed by atoms with Gasteiger partial charge in [0.25, 0.3) is 0 Å². The number of rotatable bonds is 6. The van der Waals surface area contributed by atoms with Crippen LogP contribution in [-0.2, 0) is 0 Å². The van der Waals surface area contributed by atoms with Gasteiger partial charge in [-0.3, -0.25) is 9.80 Å². The Morgan fingerprint density at radius 3 is 2.22 bits per heavy atom. The van der Waals surface area contributed by atoms with Crippen LogP contribution in [0, 0.1) is 0 Å². The van der Waals surface area contributed by atoms with Crippen LogP contribution in [0.3, 0.4) is 0 Å². The van der Waals surface area contributed by atoms with E-state index in [0.717, 1.165) is 18.1 Å². The Labute approximate surface area is 113 Å². The van der Waals surface area contributed by atoms with Crippen LogP contribution in [0.5, 0.6) is 0 Å². The molecule has 3 aliphatic rings. The van der Waals surface area contributed by atoms with Gasteiger partial charge in [0.1, 0.15) is 0 Å². The maximum Gasteiger partial charge on any atom is 0.0242 e. The first-order chi connectivity index (χ1) is 8.49. The monoisotopic (exact) mass is 253 g/mol. The average Bonchev–Trinajstić information content (AvgIpc) is 2.33. The van der Waals surface area contributed by atoms with E-state index >= 15 is 0 Å². The second-order valence-electron chi connectivity index (χ2n) is 6.76. The molecule has 0 saturated carbocycles. The van der Waals surface area contributed by atoms with Crippen molar-refractivity contribution in [2.24, 2.45) is 0 Å². The van der Waals surface area contributed by atoms with Crippen LogP contribution >= 0.6 is 0 Å². The molecule has 0 N–H and O–H groups in total. The van der Waals surface area contributed by atoms with Crippen molar-refractivity contribution in [3.63, 3.8) is 0 Å². The molecular weight excluding hydrogens is 222 g/mol.